The Morgan fingerprint density at radius 2 is 2.06 bits per heavy atom. The number of aromatic nitrogens is 1. The average Bonchev–Trinajstić information content (AvgIpc) is 2.32. The van der Waals surface area contributed by atoms with E-state index in [0.29, 0.717) is 0 Å². The fourth-order valence-corrected chi connectivity index (χ4v) is 1.54. The summed E-state index contributed by atoms with van der Waals surface area (Å²) in [6.45, 7) is 5.00. The third-order valence-electron chi connectivity index (χ3n) is 2.37. The zero-order valence-electron chi connectivity index (χ0n) is 9.37. The van der Waals surface area contributed by atoms with Crippen LogP contribution in [0.5, 0.6) is 0 Å². The molecule has 0 unspecified atom stereocenters. The molecule has 0 aliphatic carbocycles. The van der Waals surface area contributed by atoms with Gasteiger partial charge in [-0.05, 0) is 13.0 Å². The van der Waals surface area contributed by atoms with E-state index >= 15 is 0 Å². The normalized spacial score (nSPS) is 10.5. The van der Waals surface area contributed by atoms with Gasteiger partial charge in [0, 0.05) is 12.1 Å². The van der Waals surface area contributed by atoms with Gasteiger partial charge in [0.1, 0.15) is 0 Å². The van der Waals surface area contributed by atoms with Gasteiger partial charge in [-0.3, -0.25) is 14.9 Å². The summed E-state index contributed by atoms with van der Waals surface area (Å²) >= 11 is 0. The van der Waals surface area contributed by atoms with Gasteiger partial charge in [0.25, 0.3) is 11.2 Å². The highest BCUT2D eigenvalue weighted by Crippen LogP contribution is 2.15. The van der Waals surface area contributed by atoms with Crippen LogP contribution in [-0.2, 0) is 0 Å². The Morgan fingerprint density at radius 1 is 1.39 bits per heavy atom. The minimum absolute atomic E-state index is 0.0554. The van der Waals surface area contributed by atoms with Crippen molar-refractivity contribution in [2.24, 2.45) is 0 Å². The first-order valence-corrected chi connectivity index (χ1v) is 4.92. The van der Waals surface area contributed by atoms with Crippen LogP contribution in [0.2, 0.25) is 0 Å². The van der Waals surface area contributed by atoms with Crippen molar-refractivity contribution in [3.63, 3.8) is 0 Å². The van der Waals surface area contributed by atoms with E-state index in [1.54, 1.807) is 0 Å². The Bertz CT molecular complexity index is 784. The van der Waals surface area contributed by atoms with Gasteiger partial charge >= 0.3 is 5.63 Å². The Morgan fingerprint density at radius 3 is 2.61 bits per heavy atom. The van der Waals surface area contributed by atoms with Crippen LogP contribution in [0, 0.1) is 10.1 Å². The number of rotatable bonds is 2. The first-order chi connectivity index (χ1) is 8.41. The number of non-ortho nitro benzene ring substituents is 1. The van der Waals surface area contributed by atoms with Crippen molar-refractivity contribution in [3.05, 3.63) is 55.7 Å². The standard InChI is InChI=1S/C11H8N2O5/c1-6(2)12-10(14)8-4-3-7(13(16)17)5-9(8)11(15)18-12/h3-5H,1H2,2H3. The Hall–Kier alpha value is -2.70. The molecule has 1 aromatic carbocycles. The van der Waals surface area contributed by atoms with Gasteiger partial charge < -0.3 is 4.52 Å². The molecular formula is C11H8N2O5. The van der Waals surface area contributed by atoms with E-state index in [1.807, 2.05) is 0 Å². The number of hydrogen-bond acceptors (Lipinski definition) is 5. The Balaban J connectivity index is 2.93. The van der Waals surface area contributed by atoms with Crippen LogP contribution in [0.3, 0.4) is 0 Å². The first-order valence-electron chi connectivity index (χ1n) is 4.92. The highest BCUT2D eigenvalue weighted by Gasteiger charge is 2.14. The van der Waals surface area contributed by atoms with E-state index in [4.69, 9.17) is 4.52 Å². The second kappa shape index (κ2) is 3.95. The number of benzene rings is 1. The molecule has 0 aliphatic rings. The fraction of sp³-hybridized carbons (Fsp3) is 0.0909. The zero-order valence-corrected chi connectivity index (χ0v) is 9.37. The average molecular weight is 248 g/mol. The number of fused-ring (bicyclic) bond motifs is 1. The van der Waals surface area contributed by atoms with Crippen LogP contribution < -0.4 is 11.2 Å². The number of allylic oxidation sites excluding steroid dienone is 1. The van der Waals surface area contributed by atoms with Crippen molar-refractivity contribution in [1.82, 2.24) is 4.74 Å². The summed E-state index contributed by atoms with van der Waals surface area (Å²) in [6.07, 6.45) is 0. The van der Waals surface area contributed by atoms with Crippen molar-refractivity contribution in [2.45, 2.75) is 6.92 Å². The molecule has 7 nitrogen and oxygen atoms in total. The smallest absolute Gasteiger partial charge is 0.328 e. The van der Waals surface area contributed by atoms with Crippen molar-refractivity contribution in [3.8, 4) is 0 Å². The molecule has 0 fully saturated rings. The monoisotopic (exact) mass is 248 g/mol. The molecule has 0 saturated heterocycles. The molecule has 0 amide bonds. The summed E-state index contributed by atoms with van der Waals surface area (Å²) in [6, 6.07) is 3.41. The second-order valence-electron chi connectivity index (χ2n) is 3.70. The van der Waals surface area contributed by atoms with E-state index in [2.05, 4.69) is 6.58 Å². The lowest BCUT2D eigenvalue weighted by atomic mass is 10.2. The molecule has 1 aromatic heterocycles. The van der Waals surface area contributed by atoms with Crippen molar-refractivity contribution < 1.29 is 9.45 Å². The highest BCUT2D eigenvalue weighted by molar-refractivity contribution is 5.82. The summed E-state index contributed by atoms with van der Waals surface area (Å²) in [5.41, 5.74) is -1.43. The molecule has 0 aliphatic heterocycles. The molecule has 0 radical (unpaired) electrons. The fourth-order valence-electron chi connectivity index (χ4n) is 1.54. The third-order valence-corrected chi connectivity index (χ3v) is 2.37. The summed E-state index contributed by atoms with van der Waals surface area (Å²) in [5, 5.41) is 10.5. The molecule has 2 rings (SSSR count). The van der Waals surface area contributed by atoms with Crippen molar-refractivity contribution in [1.29, 1.82) is 0 Å². The van der Waals surface area contributed by atoms with E-state index < -0.39 is 16.1 Å². The van der Waals surface area contributed by atoms with Gasteiger partial charge in [-0.2, -0.15) is 0 Å². The second-order valence-corrected chi connectivity index (χ2v) is 3.70. The first kappa shape index (κ1) is 11.8. The summed E-state index contributed by atoms with van der Waals surface area (Å²) in [4.78, 5) is 33.5. The highest BCUT2D eigenvalue weighted by atomic mass is 16.6. The van der Waals surface area contributed by atoms with Gasteiger partial charge in [0.15, 0.2) is 0 Å². The lowest BCUT2D eigenvalue weighted by Crippen LogP contribution is -2.23. The van der Waals surface area contributed by atoms with E-state index in [0.717, 1.165) is 16.9 Å². The van der Waals surface area contributed by atoms with Crippen LogP contribution >= 0.6 is 0 Å². The Labute approximate surface area is 99.7 Å². The summed E-state index contributed by atoms with van der Waals surface area (Å²) < 4.78 is 5.50. The molecular weight excluding hydrogens is 240 g/mol. The van der Waals surface area contributed by atoms with Crippen molar-refractivity contribution in [2.75, 3.05) is 0 Å². The topological polar surface area (TPSA) is 95.3 Å². The lowest BCUT2D eigenvalue weighted by molar-refractivity contribution is -0.384. The minimum Gasteiger partial charge on any atom is -0.328 e. The van der Waals surface area contributed by atoms with Gasteiger partial charge in [0.05, 0.1) is 21.4 Å². The SMILES string of the molecule is C=C(C)n1oc(=O)c2cc([N+](=O)[O-])ccc2c1=O. The Kier molecular flexibility index (Phi) is 2.59. The summed E-state index contributed by atoms with van der Waals surface area (Å²) in [7, 11) is 0. The minimum atomic E-state index is -0.823. The number of nitro benzene ring substituents is 1. The molecule has 92 valence electrons. The van der Waals surface area contributed by atoms with Gasteiger partial charge in [0.2, 0.25) is 0 Å². The van der Waals surface area contributed by atoms with Gasteiger partial charge in [-0.15, -0.1) is 4.74 Å². The predicted octanol–water partition coefficient (Wildman–Crippen LogP) is 1.35. The van der Waals surface area contributed by atoms with Crippen LogP contribution in [0.4, 0.5) is 5.69 Å². The maximum absolute atomic E-state index is 11.9. The largest absolute Gasteiger partial charge is 0.364 e. The van der Waals surface area contributed by atoms with Crippen LogP contribution in [0.25, 0.3) is 16.5 Å². The molecule has 18 heavy (non-hydrogen) atoms. The maximum Gasteiger partial charge on any atom is 0.364 e. The van der Waals surface area contributed by atoms with Crippen LogP contribution in [0.1, 0.15) is 6.92 Å². The third kappa shape index (κ3) is 1.71. The van der Waals surface area contributed by atoms with Gasteiger partial charge in [-0.25, -0.2) is 4.79 Å². The lowest BCUT2D eigenvalue weighted by Gasteiger charge is -2.03. The number of nitro groups is 1. The maximum atomic E-state index is 11.9. The van der Waals surface area contributed by atoms with E-state index in [-0.39, 0.29) is 22.2 Å². The molecule has 0 spiro atoms. The molecule has 0 atom stereocenters. The van der Waals surface area contributed by atoms with E-state index in [1.165, 1.54) is 13.0 Å². The molecule has 1 heterocycles. The number of hydrogen-bond donors (Lipinski definition) is 0. The van der Waals surface area contributed by atoms with Crippen LogP contribution in [-0.4, -0.2) is 9.66 Å². The molecule has 2 aromatic rings. The predicted molar refractivity (Wildman–Crippen MR) is 64.4 cm³/mol. The molecule has 0 bridgehead atoms. The molecule has 0 N–H and O–H groups in total. The number of nitrogens with zero attached hydrogens (tertiary/aromatic N) is 2. The molecule has 7 heteroatoms. The molecule has 0 saturated carbocycles. The van der Waals surface area contributed by atoms with Crippen LogP contribution in [0.15, 0.2) is 38.9 Å². The van der Waals surface area contributed by atoms with Gasteiger partial charge in [-0.1, -0.05) is 6.58 Å². The quantitative estimate of drug-likeness (QED) is 0.590. The zero-order chi connectivity index (χ0) is 13.4. The van der Waals surface area contributed by atoms with Crippen molar-refractivity contribution >= 4 is 22.2 Å². The summed E-state index contributed by atoms with van der Waals surface area (Å²) in [5.74, 6) is 0. The van der Waals surface area contributed by atoms with E-state index in [9.17, 15) is 19.7 Å².